The standard InChI is InChI=1S/C15H14N4OS/c1-11-3-2-4-14(9-11)21-13-7-5-12(6-8-13)18-15(20)10-17-19-16/h2-9H,10H2,1H3,(H,18,20). The van der Waals surface area contributed by atoms with E-state index >= 15 is 0 Å². The van der Waals surface area contributed by atoms with Crippen molar-refractivity contribution in [1.29, 1.82) is 0 Å². The molecule has 0 heterocycles. The fourth-order valence-corrected chi connectivity index (χ4v) is 2.65. The molecule has 1 amide bonds. The van der Waals surface area contributed by atoms with Crippen LogP contribution in [0.5, 0.6) is 0 Å². The zero-order valence-electron chi connectivity index (χ0n) is 11.5. The van der Waals surface area contributed by atoms with Gasteiger partial charge in [0.2, 0.25) is 5.91 Å². The molecule has 2 aromatic rings. The summed E-state index contributed by atoms with van der Waals surface area (Å²) < 4.78 is 0. The minimum atomic E-state index is -0.327. The van der Waals surface area contributed by atoms with Crippen LogP contribution in [0.25, 0.3) is 10.4 Å². The zero-order valence-corrected chi connectivity index (χ0v) is 12.3. The Labute approximate surface area is 127 Å². The molecule has 0 bridgehead atoms. The molecular weight excluding hydrogens is 284 g/mol. The van der Waals surface area contributed by atoms with Crippen LogP contribution >= 0.6 is 11.8 Å². The van der Waals surface area contributed by atoms with E-state index in [-0.39, 0.29) is 12.5 Å². The van der Waals surface area contributed by atoms with E-state index in [9.17, 15) is 4.79 Å². The molecule has 106 valence electrons. The first-order chi connectivity index (χ1) is 10.2. The zero-order chi connectivity index (χ0) is 15.1. The predicted molar refractivity (Wildman–Crippen MR) is 84.4 cm³/mol. The molecule has 0 fully saturated rings. The maximum absolute atomic E-state index is 11.4. The number of carbonyl (C=O) groups is 1. The molecule has 2 rings (SSSR count). The van der Waals surface area contributed by atoms with E-state index in [4.69, 9.17) is 5.53 Å². The van der Waals surface area contributed by atoms with E-state index in [1.165, 1.54) is 10.5 Å². The molecule has 0 radical (unpaired) electrons. The van der Waals surface area contributed by atoms with Crippen molar-refractivity contribution in [2.45, 2.75) is 16.7 Å². The summed E-state index contributed by atoms with van der Waals surface area (Å²) in [4.78, 5) is 16.2. The largest absolute Gasteiger partial charge is 0.326 e. The highest BCUT2D eigenvalue weighted by atomic mass is 32.2. The number of carbonyl (C=O) groups excluding carboxylic acids is 1. The van der Waals surface area contributed by atoms with Crippen LogP contribution in [-0.2, 0) is 4.79 Å². The molecule has 0 aliphatic carbocycles. The van der Waals surface area contributed by atoms with Crippen LogP contribution in [0.15, 0.2) is 63.4 Å². The average molecular weight is 298 g/mol. The van der Waals surface area contributed by atoms with Crippen molar-refractivity contribution in [3.8, 4) is 0 Å². The SMILES string of the molecule is Cc1cccc(Sc2ccc(NC(=O)CN=[N+]=[N-])cc2)c1. The second-order valence-corrected chi connectivity index (χ2v) is 5.53. The van der Waals surface area contributed by atoms with Crippen LogP contribution < -0.4 is 5.32 Å². The normalized spacial score (nSPS) is 9.76. The molecule has 0 aliphatic rings. The first kappa shape index (κ1) is 15.0. The van der Waals surface area contributed by atoms with Gasteiger partial charge in [-0.3, -0.25) is 4.79 Å². The topological polar surface area (TPSA) is 77.9 Å². The molecule has 0 aliphatic heterocycles. The summed E-state index contributed by atoms with van der Waals surface area (Å²) in [5.74, 6) is -0.327. The Morgan fingerprint density at radius 2 is 2.00 bits per heavy atom. The van der Waals surface area contributed by atoms with Crippen LogP contribution in [0, 0.1) is 6.92 Å². The van der Waals surface area contributed by atoms with E-state index in [1.54, 1.807) is 11.8 Å². The fraction of sp³-hybridized carbons (Fsp3) is 0.133. The van der Waals surface area contributed by atoms with Crippen LogP contribution in [0.2, 0.25) is 0 Å². The minimum Gasteiger partial charge on any atom is -0.326 e. The number of rotatable bonds is 5. The molecule has 1 N–H and O–H groups in total. The van der Waals surface area contributed by atoms with Crippen molar-refractivity contribution in [2.24, 2.45) is 5.11 Å². The number of amides is 1. The molecule has 0 unspecified atom stereocenters. The summed E-state index contributed by atoms with van der Waals surface area (Å²) in [6.07, 6.45) is 0. The van der Waals surface area contributed by atoms with Gasteiger partial charge < -0.3 is 5.32 Å². The van der Waals surface area contributed by atoms with Crippen molar-refractivity contribution < 1.29 is 4.79 Å². The maximum atomic E-state index is 11.4. The number of nitrogens with one attached hydrogen (secondary N) is 1. The first-order valence-corrected chi connectivity index (χ1v) is 7.14. The van der Waals surface area contributed by atoms with Gasteiger partial charge in [-0.2, -0.15) is 0 Å². The number of hydrogen-bond acceptors (Lipinski definition) is 3. The van der Waals surface area contributed by atoms with E-state index in [1.807, 2.05) is 30.3 Å². The molecule has 2 aromatic carbocycles. The van der Waals surface area contributed by atoms with Gasteiger partial charge in [0.25, 0.3) is 0 Å². The Bertz CT molecular complexity index is 678. The van der Waals surface area contributed by atoms with Crippen LogP contribution in [0.1, 0.15) is 5.56 Å². The quantitative estimate of drug-likeness (QED) is 0.504. The second-order valence-electron chi connectivity index (χ2n) is 4.38. The van der Waals surface area contributed by atoms with Crippen LogP contribution in [0.3, 0.4) is 0 Å². The van der Waals surface area contributed by atoms with Gasteiger partial charge in [-0.15, -0.1) is 0 Å². The molecule has 5 nitrogen and oxygen atoms in total. The Hall–Kier alpha value is -2.43. The van der Waals surface area contributed by atoms with Gasteiger partial charge in [0.1, 0.15) is 6.54 Å². The lowest BCUT2D eigenvalue weighted by Crippen LogP contribution is -2.14. The van der Waals surface area contributed by atoms with E-state index in [2.05, 4.69) is 40.5 Å². The minimum absolute atomic E-state index is 0.198. The molecule has 0 atom stereocenters. The Morgan fingerprint density at radius 1 is 1.24 bits per heavy atom. The summed E-state index contributed by atoms with van der Waals surface area (Å²) in [6.45, 7) is 1.86. The number of azide groups is 1. The van der Waals surface area contributed by atoms with E-state index in [0.29, 0.717) is 5.69 Å². The summed E-state index contributed by atoms with van der Waals surface area (Å²) in [6, 6.07) is 15.8. The maximum Gasteiger partial charge on any atom is 0.230 e. The second kappa shape index (κ2) is 7.38. The van der Waals surface area contributed by atoms with E-state index < -0.39 is 0 Å². The first-order valence-electron chi connectivity index (χ1n) is 6.32. The summed E-state index contributed by atoms with van der Waals surface area (Å²) >= 11 is 1.66. The lowest BCUT2D eigenvalue weighted by molar-refractivity contribution is -0.114. The smallest absolute Gasteiger partial charge is 0.230 e. The van der Waals surface area contributed by atoms with Gasteiger partial charge in [0, 0.05) is 20.4 Å². The van der Waals surface area contributed by atoms with Crippen molar-refractivity contribution >= 4 is 23.4 Å². The van der Waals surface area contributed by atoms with Crippen LogP contribution in [-0.4, -0.2) is 12.5 Å². The van der Waals surface area contributed by atoms with Crippen LogP contribution in [0.4, 0.5) is 5.69 Å². The number of benzene rings is 2. The monoisotopic (exact) mass is 298 g/mol. The molecular formula is C15H14N4OS. The fourth-order valence-electron chi connectivity index (χ4n) is 1.72. The van der Waals surface area contributed by atoms with Gasteiger partial charge in [-0.1, -0.05) is 34.6 Å². The lowest BCUT2D eigenvalue weighted by atomic mass is 10.2. The van der Waals surface area contributed by atoms with Gasteiger partial charge in [0.15, 0.2) is 0 Å². The number of nitrogens with zero attached hydrogens (tertiary/aromatic N) is 3. The molecule has 21 heavy (non-hydrogen) atoms. The summed E-state index contributed by atoms with van der Waals surface area (Å²) in [5.41, 5.74) is 10.1. The van der Waals surface area contributed by atoms with Gasteiger partial charge in [-0.05, 0) is 48.9 Å². The predicted octanol–water partition coefficient (Wildman–Crippen LogP) is 4.40. The van der Waals surface area contributed by atoms with Gasteiger partial charge >= 0.3 is 0 Å². The molecule has 0 aromatic heterocycles. The number of anilines is 1. The summed E-state index contributed by atoms with van der Waals surface area (Å²) in [5, 5.41) is 5.88. The molecule has 0 saturated carbocycles. The Balaban J connectivity index is 1.98. The molecule has 0 saturated heterocycles. The highest BCUT2D eigenvalue weighted by molar-refractivity contribution is 7.99. The average Bonchev–Trinajstić information content (AvgIpc) is 2.47. The molecule has 6 heteroatoms. The summed E-state index contributed by atoms with van der Waals surface area (Å²) in [7, 11) is 0. The van der Waals surface area contributed by atoms with Crippen molar-refractivity contribution in [1.82, 2.24) is 0 Å². The van der Waals surface area contributed by atoms with Crippen molar-refractivity contribution in [3.63, 3.8) is 0 Å². The third kappa shape index (κ3) is 4.87. The third-order valence-corrected chi connectivity index (χ3v) is 3.64. The van der Waals surface area contributed by atoms with Crippen molar-refractivity contribution in [3.05, 3.63) is 64.5 Å². The highest BCUT2D eigenvalue weighted by Crippen LogP contribution is 2.28. The van der Waals surface area contributed by atoms with Crippen molar-refractivity contribution in [2.75, 3.05) is 11.9 Å². The van der Waals surface area contributed by atoms with Gasteiger partial charge in [0.05, 0.1) is 0 Å². The van der Waals surface area contributed by atoms with E-state index in [0.717, 1.165) is 4.90 Å². The number of hydrogen-bond donors (Lipinski definition) is 1. The Morgan fingerprint density at radius 3 is 2.67 bits per heavy atom. The lowest BCUT2D eigenvalue weighted by Gasteiger charge is -2.06. The van der Waals surface area contributed by atoms with Gasteiger partial charge in [-0.25, -0.2) is 0 Å². The molecule has 0 spiro atoms. The Kier molecular flexibility index (Phi) is 5.26. The number of aryl methyl sites for hydroxylation is 1. The highest BCUT2D eigenvalue weighted by Gasteiger charge is 2.02. The third-order valence-electron chi connectivity index (χ3n) is 2.64.